The number of aromatic nitrogens is 1. The van der Waals surface area contributed by atoms with Crippen molar-refractivity contribution in [3.63, 3.8) is 0 Å². The Morgan fingerprint density at radius 1 is 1.35 bits per heavy atom. The van der Waals surface area contributed by atoms with Gasteiger partial charge in [0.2, 0.25) is 0 Å². The Morgan fingerprint density at radius 3 is 2.92 bits per heavy atom. The lowest BCUT2D eigenvalue weighted by atomic mass is 10.1. The number of hydrogen-bond donors (Lipinski definition) is 0. The molecule has 0 bridgehead atoms. The van der Waals surface area contributed by atoms with Gasteiger partial charge in [-0.1, -0.05) is 6.07 Å². The maximum Gasteiger partial charge on any atom is 0.325 e. The first-order valence-electron chi connectivity index (χ1n) is 9.21. The molecule has 1 aliphatic carbocycles. The lowest BCUT2D eigenvalue weighted by Crippen LogP contribution is -2.32. The van der Waals surface area contributed by atoms with Crippen LogP contribution in [-0.4, -0.2) is 41.3 Å². The topological polar surface area (TPSA) is 53.5 Å². The number of urea groups is 1. The van der Waals surface area contributed by atoms with Gasteiger partial charge in [0.25, 0.3) is 0 Å². The van der Waals surface area contributed by atoms with Crippen LogP contribution < -0.4 is 4.90 Å². The summed E-state index contributed by atoms with van der Waals surface area (Å²) in [7, 11) is 0. The van der Waals surface area contributed by atoms with Crippen molar-refractivity contribution in [3.05, 3.63) is 46.6 Å². The van der Waals surface area contributed by atoms with Crippen LogP contribution in [0, 0.1) is 12.8 Å². The van der Waals surface area contributed by atoms with Gasteiger partial charge in [-0.25, -0.2) is 4.79 Å². The van der Waals surface area contributed by atoms with Gasteiger partial charge >= 0.3 is 6.03 Å². The van der Waals surface area contributed by atoms with E-state index < -0.39 is 0 Å². The van der Waals surface area contributed by atoms with E-state index in [1.165, 1.54) is 24.2 Å². The number of Topliss-reactive ketones (excluding diaryl/α,β-unsaturated/α-hetero) is 1. The molecule has 0 unspecified atom stereocenters. The van der Waals surface area contributed by atoms with Gasteiger partial charge in [-0.2, -0.15) is 0 Å². The van der Waals surface area contributed by atoms with E-state index in [0.717, 1.165) is 40.6 Å². The minimum atomic E-state index is 0.0903. The Hall–Kier alpha value is -2.21. The molecule has 0 aromatic carbocycles. The minimum absolute atomic E-state index is 0.0903. The summed E-state index contributed by atoms with van der Waals surface area (Å²) in [6, 6.07) is 5.96. The zero-order valence-electron chi connectivity index (χ0n) is 15.0. The Morgan fingerprint density at radius 2 is 2.19 bits per heavy atom. The lowest BCUT2D eigenvalue weighted by molar-refractivity contribution is 0.0986. The molecular weight excluding hydrogens is 346 g/mol. The molecule has 0 atom stereocenters. The monoisotopic (exact) mass is 369 g/mol. The summed E-state index contributed by atoms with van der Waals surface area (Å²) in [6.07, 6.45) is 7.19. The second kappa shape index (κ2) is 7.19. The van der Waals surface area contributed by atoms with E-state index in [4.69, 9.17) is 0 Å². The standard InChI is InChI=1S/C20H23N3O2S/c1-14-11-18(23-10-9-22(20(23)25)13-16-4-5-16)26-19(14)17(24)7-6-15-3-2-8-21-12-15/h2-3,8,11-12,16H,4-7,9-10,13H2,1H3. The van der Waals surface area contributed by atoms with Crippen LogP contribution in [0.3, 0.4) is 0 Å². The fraction of sp³-hybridized carbons (Fsp3) is 0.450. The Balaban J connectivity index is 1.42. The first-order chi connectivity index (χ1) is 12.6. The van der Waals surface area contributed by atoms with Crippen molar-refractivity contribution in [1.29, 1.82) is 0 Å². The molecule has 6 heteroatoms. The van der Waals surface area contributed by atoms with Crippen molar-refractivity contribution in [2.24, 2.45) is 5.92 Å². The summed E-state index contributed by atoms with van der Waals surface area (Å²) in [5.74, 6) is 0.845. The molecule has 0 spiro atoms. The van der Waals surface area contributed by atoms with E-state index in [2.05, 4.69) is 4.98 Å². The van der Waals surface area contributed by atoms with Crippen LogP contribution in [0.1, 0.15) is 40.1 Å². The highest BCUT2D eigenvalue weighted by atomic mass is 32.1. The molecule has 0 N–H and O–H groups in total. The molecule has 26 heavy (non-hydrogen) atoms. The van der Waals surface area contributed by atoms with Gasteiger partial charge < -0.3 is 4.90 Å². The van der Waals surface area contributed by atoms with Gasteiger partial charge in [-0.05, 0) is 55.4 Å². The van der Waals surface area contributed by atoms with E-state index in [9.17, 15) is 9.59 Å². The summed E-state index contributed by atoms with van der Waals surface area (Å²) in [6.45, 7) is 4.35. The van der Waals surface area contributed by atoms with E-state index >= 15 is 0 Å². The molecule has 2 amide bonds. The first-order valence-corrected chi connectivity index (χ1v) is 10.0. The van der Waals surface area contributed by atoms with Crippen LogP contribution in [0.4, 0.5) is 9.80 Å². The van der Waals surface area contributed by atoms with Crippen molar-refractivity contribution in [2.75, 3.05) is 24.5 Å². The van der Waals surface area contributed by atoms with Crippen LogP contribution in [-0.2, 0) is 6.42 Å². The minimum Gasteiger partial charge on any atom is -0.322 e. The van der Waals surface area contributed by atoms with E-state index in [0.29, 0.717) is 18.8 Å². The summed E-state index contributed by atoms with van der Waals surface area (Å²) in [5.41, 5.74) is 2.04. The molecule has 5 nitrogen and oxygen atoms in total. The van der Waals surface area contributed by atoms with Gasteiger partial charge in [0.15, 0.2) is 5.78 Å². The van der Waals surface area contributed by atoms with Crippen molar-refractivity contribution in [2.45, 2.75) is 32.6 Å². The van der Waals surface area contributed by atoms with Crippen LogP contribution in [0.15, 0.2) is 30.6 Å². The van der Waals surface area contributed by atoms with Gasteiger partial charge in [0.05, 0.1) is 9.88 Å². The van der Waals surface area contributed by atoms with Crippen molar-refractivity contribution >= 4 is 28.2 Å². The fourth-order valence-electron chi connectivity index (χ4n) is 3.36. The summed E-state index contributed by atoms with van der Waals surface area (Å²) in [5, 5.41) is 0.899. The van der Waals surface area contributed by atoms with E-state index in [1.807, 2.05) is 34.9 Å². The number of pyridine rings is 1. The molecule has 1 saturated heterocycles. The summed E-state index contributed by atoms with van der Waals surface area (Å²) >= 11 is 1.45. The van der Waals surface area contributed by atoms with Gasteiger partial charge in [-0.15, -0.1) is 11.3 Å². The molecule has 2 aromatic heterocycles. The highest BCUT2D eigenvalue weighted by molar-refractivity contribution is 7.18. The molecule has 3 heterocycles. The Bertz CT molecular complexity index is 814. The zero-order chi connectivity index (χ0) is 18.1. The van der Waals surface area contributed by atoms with E-state index in [1.54, 1.807) is 12.4 Å². The molecule has 2 aliphatic rings. The number of nitrogens with zero attached hydrogens (tertiary/aromatic N) is 3. The maximum absolute atomic E-state index is 12.6. The quantitative estimate of drug-likeness (QED) is 0.695. The second-order valence-corrected chi connectivity index (χ2v) is 8.24. The molecule has 136 valence electrons. The summed E-state index contributed by atoms with van der Waals surface area (Å²) in [4.78, 5) is 33.9. The number of anilines is 1. The van der Waals surface area contributed by atoms with Gasteiger partial charge in [0, 0.05) is 38.4 Å². The number of amides is 2. The van der Waals surface area contributed by atoms with Gasteiger partial charge in [-0.3, -0.25) is 14.7 Å². The van der Waals surface area contributed by atoms with Crippen LogP contribution in [0.25, 0.3) is 0 Å². The normalized spacial score (nSPS) is 17.2. The van der Waals surface area contributed by atoms with Gasteiger partial charge in [0.1, 0.15) is 0 Å². The summed E-state index contributed by atoms with van der Waals surface area (Å²) < 4.78 is 0. The zero-order valence-corrected chi connectivity index (χ0v) is 15.8. The highest BCUT2D eigenvalue weighted by Gasteiger charge is 2.35. The fourth-order valence-corrected chi connectivity index (χ4v) is 4.52. The number of carbonyl (C=O) groups excluding carboxylic acids is 2. The number of ketones is 1. The lowest BCUT2D eigenvalue weighted by Gasteiger charge is -2.17. The van der Waals surface area contributed by atoms with Crippen molar-refractivity contribution in [1.82, 2.24) is 9.88 Å². The average molecular weight is 369 g/mol. The molecule has 2 fully saturated rings. The number of carbonyl (C=O) groups is 2. The molecule has 4 rings (SSSR count). The largest absolute Gasteiger partial charge is 0.325 e. The first kappa shape index (κ1) is 17.2. The predicted octanol–water partition coefficient (Wildman–Crippen LogP) is 3.92. The number of rotatable bonds is 7. The molecule has 1 aliphatic heterocycles. The van der Waals surface area contributed by atoms with Crippen molar-refractivity contribution < 1.29 is 9.59 Å². The highest BCUT2D eigenvalue weighted by Crippen LogP contribution is 2.35. The third kappa shape index (κ3) is 3.65. The van der Waals surface area contributed by atoms with Crippen molar-refractivity contribution in [3.8, 4) is 0 Å². The third-order valence-corrected chi connectivity index (χ3v) is 6.36. The SMILES string of the molecule is Cc1cc(N2CCN(CC3CC3)C2=O)sc1C(=O)CCc1cccnc1. The van der Waals surface area contributed by atoms with Crippen LogP contribution in [0.5, 0.6) is 0 Å². The molecule has 1 saturated carbocycles. The molecule has 2 aromatic rings. The number of thiophene rings is 1. The smallest absolute Gasteiger partial charge is 0.322 e. The number of aryl methyl sites for hydroxylation is 2. The Kier molecular flexibility index (Phi) is 4.76. The third-order valence-electron chi connectivity index (χ3n) is 5.06. The molecular formula is C20H23N3O2S. The average Bonchev–Trinajstić information content (AvgIpc) is 3.28. The maximum atomic E-state index is 12.6. The van der Waals surface area contributed by atoms with Crippen LogP contribution >= 0.6 is 11.3 Å². The number of hydrogen-bond acceptors (Lipinski definition) is 4. The second-order valence-electron chi connectivity index (χ2n) is 7.20. The Labute approximate surface area is 157 Å². The molecule has 0 radical (unpaired) electrons. The van der Waals surface area contributed by atoms with Crippen LogP contribution in [0.2, 0.25) is 0 Å². The predicted molar refractivity (Wildman–Crippen MR) is 103 cm³/mol. The van der Waals surface area contributed by atoms with E-state index in [-0.39, 0.29) is 11.8 Å².